The molecule has 0 aromatic heterocycles. The van der Waals surface area contributed by atoms with Gasteiger partial charge in [0.05, 0.1) is 12.2 Å². The number of rotatable bonds is 4. The van der Waals surface area contributed by atoms with Crippen molar-refractivity contribution in [2.24, 2.45) is 0 Å². The SMILES string of the molecule is COC1CN(Cc2ccc(Br)c(N)c2)CC1OC. The zero-order valence-electron chi connectivity index (χ0n) is 10.7. The van der Waals surface area contributed by atoms with Crippen LogP contribution in [0, 0.1) is 0 Å². The Kier molecular flexibility index (Phi) is 4.61. The van der Waals surface area contributed by atoms with E-state index in [1.54, 1.807) is 14.2 Å². The fourth-order valence-corrected chi connectivity index (χ4v) is 2.60. The zero-order valence-corrected chi connectivity index (χ0v) is 12.3. The van der Waals surface area contributed by atoms with E-state index in [0.29, 0.717) is 0 Å². The number of hydrogen-bond acceptors (Lipinski definition) is 4. The van der Waals surface area contributed by atoms with Crippen molar-refractivity contribution >= 4 is 21.6 Å². The van der Waals surface area contributed by atoms with Crippen molar-refractivity contribution in [1.29, 1.82) is 0 Å². The number of likely N-dealkylation sites (tertiary alicyclic amines) is 1. The number of ether oxygens (including phenoxy) is 2. The van der Waals surface area contributed by atoms with Crippen LogP contribution in [0.1, 0.15) is 5.56 Å². The molecule has 0 bridgehead atoms. The Balaban J connectivity index is 2.00. The third kappa shape index (κ3) is 3.03. The van der Waals surface area contributed by atoms with Gasteiger partial charge in [0.15, 0.2) is 0 Å². The Morgan fingerprint density at radius 3 is 2.39 bits per heavy atom. The van der Waals surface area contributed by atoms with Crippen molar-refractivity contribution in [3.8, 4) is 0 Å². The third-order valence-electron chi connectivity index (χ3n) is 3.36. The van der Waals surface area contributed by atoms with Crippen LogP contribution in [0.3, 0.4) is 0 Å². The molecule has 5 heteroatoms. The number of hydrogen-bond donors (Lipinski definition) is 1. The Hall–Kier alpha value is -0.620. The van der Waals surface area contributed by atoms with E-state index in [2.05, 4.69) is 26.9 Å². The first-order valence-corrected chi connectivity index (χ1v) is 6.75. The summed E-state index contributed by atoms with van der Waals surface area (Å²) >= 11 is 3.40. The van der Waals surface area contributed by atoms with Crippen molar-refractivity contribution in [2.45, 2.75) is 18.8 Å². The lowest BCUT2D eigenvalue weighted by Crippen LogP contribution is -2.27. The maximum absolute atomic E-state index is 5.89. The predicted molar refractivity (Wildman–Crippen MR) is 75.4 cm³/mol. The number of anilines is 1. The van der Waals surface area contributed by atoms with Gasteiger partial charge in [0, 0.05) is 44.0 Å². The normalized spacial score (nSPS) is 24.6. The van der Waals surface area contributed by atoms with Gasteiger partial charge in [-0.15, -0.1) is 0 Å². The van der Waals surface area contributed by atoms with Crippen LogP contribution in [0.2, 0.25) is 0 Å². The van der Waals surface area contributed by atoms with Gasteiger partial charge in [0.1, 0.15) is 0 Å². The summed E-state index contributed by atoms with van der Waals surface area (Å²) < 4.78 is 11.8. The maximum atomic E-state index is 5.89. The number of methoxy groups -OCH3 is 2. The number of halogens is 1. The molecule has 0 amide bonds. The van der Waals surface area contributed by atoms with Gasteiger partial charge < -0.3 is 15.2 Å². The van der Waals surface area contributed by atoms with Crippen LogP contribution in [0.4, 0.5) is 5.69 Å². The average Bonchev–Trinajstić information content (AvgIpc) is 2.76. The van der Waals surface area contributed by atoms with E-state index in [9.17, 15) is 0 Å². The van der Waals surface area contributed by atoms with Gasteiger partial charge in [-0.1, -0.05) is 6.07 Å². The van der Waals surface area contributed by atoms with Crippen molar-refractivity contribution in [3.05, 3.63) is 28.2 Å². The third-order valence-corrected chi connectivity index (χ3v) is 4.09. The molecular formula is C13H19BrN2O2. The number of nitrogens with two attached hydrogens (primary N) is 1. The van der Waals surface area contributed by atoms with Crippen molar-refractivity contribution in [1.82, 2.24) is 4.90 Å². The molecule has 1 saturated heterocycles. The second-order valence-electron chi connectivity index (χ2n) is 4.60. The summed E-state index contributed by atoms with van der Waals surface area (Å²) in [6.45, 7) is 2.66. The molecule has 2 unspecified atom stereocenters. The van der Waals surface area contributed by atoms with Crippen LogP contribution < -0.4 is 5.73 Å². The van der Waals surface area contributed by atoms with E-state index in [1.165, 1.54) is 5.56 Å². The summed E-state index contributed by atoms with van der Waals surface area (Å²) in [5, 5.41) is 0. The summed E-state index contributed by atoms with van der Waals surface area (Å²) in [4.78, 5) is 2.32. The minimum Gasteiger partial charge on any atom is -0.398 e. The van der Waals surface area contributed by atoms with Crippen LogP contribution in [-0.2, 0) is 16.0 Å². The second kappa shape index (κ2) is 6.02. The lowest BCUT2D eigenvalue weighted by atomic mass is 10.2. The minimum absolute atomic E-state index is 0.155. The molecule has 0 radical (unpaired) electrons. The van der Waals surface area contributed by atoms with Crippen LogP contribution in [0.15, 0.2) is 22.7 Å². The Morgan fingerprint density at radius 1 is 1.28 bits per heavy atom. The molecule has 1 aromatic rings. The van der Waals surface area contributed by atoms with Gasteiger partial charge in [0.2, 0.25) is 0 Å². The van der Waals surface area contributed by atoms with E-state index in [1.807, 2.05) is 12.1 Å². The fraction of sp³-hybridized carbons (Fsp3) is 0.538. The smallest absolute Gasteiger partial charge is 0.0971 e. The van der Waals surface area contributed by atoms with E-state index in [4.69, 9.17) is 15.2 Å². The molecule has 18 heavy (non-hydrogen) atoms. The average molecular weight is 315 g/mol. The number of nitrogens with zero attached hydrogens (tertiary/aromatic N) is 1. The number of benzene rings is 1. The molecule has 1 aliphatic rings. The van der Waals surface area contributed by atoms with Gasteiger partial charge in [-0.3, -0.25) is 4.90 Å². The van der Waals surface area contributed by atoms with Gasteiger partial charge in [0.25, 0.3) is 0 Å². The topological polar surface area (TPSA) is 47.7 Å². The van der Waals surface area contributed by atoms with Crippen LogP contribution in [-0.4, -0.2) is 44.4 Å². The summed E-state index contributed by atoms with van der Waals surface area (Å²) in [5.74, 6) is 0. The van der Waals surface area contributed by atoms with E-state index in [-0.39, 0.29) is 12.2 Å². The Bertz CT molecular complexity index is 402. The van der Waals surface area contributed by atoms with Gasteiger partial charge >= 0.3 is 0 Å². The molecule has 2 N–H and O–H groups in total. The van der Waals surface area contributed by atoms with Crippen molar-refractivity contribution in [2.75, 3.05) is 33.0 Å². The molecule has 0 spiro atoms. The molecule has 1 aromatic carbocycles. The molecule has 2 atom stereocenters. The molecule has 1 heterocycles. The Morgan fingerprint density at radius 2 is 1.89 bits per heavy atom. The van der Waals surface area contributed by atoms with Crippen LogP contribution in [0.5, 0.6) is 0 Å². The summed E-state index contributed by atoms with van der Waals surface area (Å²) in [6, 6.07) is 6.08. The van der Waals surface area contributed by atoms with Crippen molar-refractivity contribution in [3.63, 3.8) is 0 Å². The van der Waals surface area contributed by atoms with Gasteiger partial charge in [-0.2, -0.15) is 0 Å². The first-order chi connectivity index (χ1) is 8.63. The fourth-order valence-electron chi connectivity index (χ4n) is 2.35. The number of nitrogen functional groups attached to an aromatic ring is 1. The summed E-state index contributed by atoms with van der Waals surface area (Å²) in [7, 11) is 3.47. The molecular weight excluding hydrogens is 296 g/mol. The molecule has 1 aliphatic heterocycles. The lowest BCUT2D eigenvalue weighted by Gasteiger charge is -2.15. The zero-order chi connectivity index (χ0) is 13.1. The first-order valence-electron chi connectivity index (χ1n) is 5.96. The van der Waals surface area contributed by atoms with Crippen LogP contribution >= 0.6 is 15.9 Å². The highest BCUT2D eigenvalue weighted by atomic mass is 79.9. The van der Waals surface area contributed by atoms with Gasteiger partial charge in [-0.25, -0.2) is 0 Å². The quantitative estimate of drug-likeness (QED) is 0.862. The monoisotopic (exact) mass is 314 g/mol. The highest BCUT2D eigenvalue weighted by Gasteiger charge is 2.32. The molecule has 100 valence electrons. The highest BCUT2D eigenvalue weighted by Crippen LogP contribution is 2.23. The van der Waals surface area contributed by atoms with E-state index >= 15 is 0 Å². The molecule has 0 aliphatic carbocycles. The van der Waals surface area contributed by atoms with Gasteiger partial charge in [-0.05, 0) is 33.6 Å². The van der Waals surface area contributed by atoms with Crippen LogP contribution in [0.25, 0.3) is 0 Å². The highest BCUT2D eigenvalue weighted by molar-refractivity contribution is 9.10. The summed E-state index contributed by atoms with van der Waals surface area (Å²) in [6.07, 6.45) is 0.311. The molecule has 2 rings (SSSR count). The maximum Gasteiger partial charge on any atom is 0.0971 e. The van der Waals surface area contributed by atoms with E-state index in [0.717, 1.165) is 29.8 Å². The minimum atomic E-state index is 0.155. The second-order valence-corrected chi connectivity index (χ2v) is 5.45. The largest absolute Gasteiger partial charge is 0.398 e. The molecule has 0 saturated carbocycles. The lowest BCUT2D eigenvalue weighted by molar-refractivity contribution is -0.00461. The Labute approximate surface area is 116 Å². The molecule has 1 fully saturated rings. The predicted octanol–water partition coefficient (Wildman–Crippen LogP) is 1.88. The standard InChI is InChI=1S/C13H19BrN2O2/c1-17-12-7-16(8-13(12)18-2)6-9-3-4-10(14)11(15)5-9/h3-5,12-13H,6-8,15H2,1-2H3. The van der Waals surface area contributed by atoms with Crippen molar-refractivity contribution < 1.29 is 9.47 Å². The first kappa shape index (κ1) is 13.8. The summed E-state index contributed by atoms with van der Waals surface area (Å²) in [5.41, 5.74) is 7.87. The van der Waals surface area contributed by atoms with E-state index < -0.39 is 0 Å². The molecule has 4 nitrogen and oxygen atoms in total.